The molecule has 0 saturated carbocycles. The Morgan fingerprint density at radius 2 is 1.82 bits per heavy atom. The Balaban J connectivity index is 1.80. The summed E-state index contributed by atoms with van der Waals surface area (Å²) in [6.07, 6.45) is 2.76. The SMILES string of the molecule is CC1CC(c2cccc(Cl)c2)[C@@H](c2ccc(Cl)cc2)N(C2CCCOC2)C1=O. The lowest BCUT2D eigenvalue weighted by Gasteiger charge is -2.48. The summed E-state index contributed by atoms with van der Waals surface area (Å²) in [6.45, 7) is 3.41. The molecule has 3 nitrogen and oxygen atoms in total. The van der Waals surface area contributed by atoms with Gasteiger partial charge in [-0.15, -0.1) is 0 Å². The highest BCUT2D eigenvalue weighted by Gasteiger charge is 2.44. The number of nitrogens with zero attached hydrogens (tertiary/aromatic N) is 1. The van der Waals surface area contributed by atoms with Crippen LogP contribution in [0.5, 0.6) is 0 Å². The van der Waals surface area contributed by atoms with Gasteiger partial charge in [0.1, 0.15) is 0 Å². The van der Waals surface area contributed by atoms with E-state index in [2.05, 4.69) is 11.0 Å². The molecule has 148 valence electrons. The van der Waals surface area contributed by atoms with Crippen LogP contribution in [0.3, 0.4) is 0 Å². The summed E-state index contributed by atoms with van der Waals surface area (Å²) in [5.41, 5.74) is 2.29. The minimum absolute atomic E-state index is 0.0329. The van der Waals surface area contributed by atoms with Gasteiger partial charge in [-0.05, 0) is 54.7 Å². The molecule has 2 aliphatic heterocycles. The third kappa shape index (κ3) is 3.94. The van der Waals surface area contributed by atoms with Crippen LogP contribution in [0.4, 0.5) is 0 Å². The first-order valence-electron chi connectivity index (χ1n) is 9.95. The fourth-order valence-corrected chi connectivity index (χ4v) is 4.98. The van der Waals surface area contributed by atoms with Gasteiger partial charge in [-0.25, -0.2) is 0 Å². The second-order valence-corrected chi connectivity index (χ2v) is 8.78. The largest absolute Gasteiger partial charge is 0.379 e. The highest BCUT2D eigenvalue weighted by Crippen LogP contribution is 2.47. The molecule has 2 aromatic rings. The Morgan fingerprint density at radius 3 is 2.50 bits per heavy atom. The Morgan fingerprint density at radius 1 is 1.04 bits per heavy atom. The summed E-state index contributed by atoms with van der Waals surface area (Å²) in [7, 11) is 0. The molecule has 2 fully saturated rings. The minimum Gasteiger partial charge on any atom is -0.379 e. The fourth-order valence-electron chi connectivity index (χ4n) is 4.65. The zero-order valence-electron chi connectivity index (χ0n) is 16.0. The van der Waals surface area contributed by atoms with Gasteiger partial charge < -0.3 is 9.64 Å². The van der Waals surface area contributed by atoms with Crippen molar-refractivity contribution in [1.29, 1.82) is 0 Å². The highest BCUT2D eigenvalue weighted by molar-refractivity contribution is 6.30. The van der Waals surface area contributed by atoms with Crippen molar-refractivity contribution in [3.05, 3.63) is 69.7 Å². The van der Waals surface area contributed by atoms with E-state index in [4.69, 9.17) is 27.9 Å². The number of carbonyl (C=O) groups excluding carboxylic acids is 1. The second kappa shape index (κ2) is 8.44. The first-order chi connectivity index (χ1) is 13.5. The Hall–Kier alpha value is -1.55. The lowest BCUT2D eigenvalue weighted by atomic mass is 9.75. The molecule has 0 bridgehead atoms. The van der Waals surface area contributed by atoms with Crippen LogP contribution in [0, 0.1) is 5.92 Å². The number of hydrogen-bond acceptors (Lipinski definition) is 2. The number of piperidine rings is 1. The van der Waals surface area contributed by atoms with Gasteiger partial charge in [-0.1, -0.05) is 54.4 Å². The molecule has 0 aliphatic carbocycles. The lowest BCUT2D eigenvalue weighted by molar-refractivity contribution is -0.149. The number of ether oxygens (including phenoxy) is 1. The van der Waals surface area contributed by atoms with Crippen LogP contribution in [0.25, 0.3) is 0 Å². The van der Waals surface area contributed by atoms with Crippen LogP contribution in [0.15, 0.2) is 48.5 Å². The highest BCUT2D eigenvalue weighted by atomic mass is 35.5. The van der Waals surface area contributed by atoms with Crippen molar-refractivity contribution in [2.75, 3.05) is 13.2 Å². The molecule has 4 rings (SSSR count). The van der Waals surface area contributed by atoms with Gasteiger partial charge in [0.15, 0.2) is 0 Å². The summed E-state index contributed by atoms with van der Waals surface area (Å²) < 4.78 is 5.75. The molecule has 1 amide bonds. The normalized spacial score (nSPS) is 28.4. The summed E-state index contributed by atoms with van der Waals surface area (Å²) in [4.78, 5) is 15.4. The molecular formula is C23H25Cl2NO2. The third-order valence-electron chi connectivity index (χ3n) is 5.98. The molecule has 28 heavy (non-hydrogen) atoms. The summed E-state index contributed by atoms with van der Waals surface area (Å²) >= 11 is 12.5. The molecule has 0 aromatic heterocycles. The van der Waals surface area contributed by atoms with E-state index in [0.717, 1.165) is 36.5 Å². The number of hydrogen-bond donors (Lipinski definition) is 0. The molecule has 2 saturated heterocycles. The van der Waals surface area contributed by atoms with Crippen LogP contribution in [-0.4, -0.2) is 30.1 Å². The Kier molecular flexibility index (Phi) is 5.96. The van der Waals surface area contributed by atoms with E-state index in [0.29, 0.717) is 11.6 Å². The van der Waals surface area contributed by atoms with Gasteiger partial charge in [0.05, 0.1) is 18.7 Å². The molecular weight excluding hydrogens is 393 g/mol. The quantitative estimate of drug-likeness (QED) is 0.624. The predicted molar refractivity (Wildman–Crippen MR) is 113 cm³/mol. The van der Waals surface area contributed by atoms with E-state index in [1.807, 2.05) is 49.4 Å². The van der Waals surface area contributed by atoms with E-state index in [9.17, 15) is 4.79 Å². The number of rotatable bonds is 3. The van der Waals surface area contributed by atoms with Gasteiger partial charge in [0.2, 0.25) is 5.91 Å². The van der Waals surface area contributed by atoms with Crippen molar-refractivity contribution in [3.8, 4) is 0 Å². The maximum Gasteiger partial charge on any atom is 0.226 e. The molecule has 4 atom stereocenters. The number of likely N-dealkylation sites (tertiary alicyclic amines) is 1. The molecule has 2 heterocycles. The summed E-state index contributed by atoms with van der Waals surface area (Å²) in [5.74, 6) is 0.359. The van der Waals surface area contributed by atoms with Crippen LogP contribution >= 0.6 is 23.2 Å². The van der Waals surface area contributed by atoms with Crippen molar-refractivity contribution in [1.82, 2.24) is 4.90 Å². The molecule has 0 spiro atoms. The maximum atomic E-state index is 13.3. The van der Waals surface area contributed by atoms with Gasteiger partial charge in [0.25, 0.3) is 0 Å². The summed E-state index contributed by atoms with van der Waals surface area (Å²) in [6, 6.07) is 16.0. The molecule has 3 unspecified atom stereocenters. The smallest absolute Gasteiger partial charge is 0.226 e. The topological polar surface area (TPSA) is 29.5 Å². The van der Waals surface area contributed by atoms with Crippen LogP contribution in [0.2, 0.25) is 10.0 Å². The molecule has 0 radical (unpaired) electrons. The van der Waals surface area contributed by atoms with E-state index < -0.39 is 0 Å². The van der Waals surface area contributed by atoms with E-state index in [1.165, 1.54) is 5.56 Å². The van der Waals surface area contributed by atoms with Crippen molar-refractivity contribution < 1.29 is 9.53 Å². The second-order valence-electron chi connectivity index (χ2n) is 7.91. The van der Waals surface area contributed by atoms with Crippen molar-refractivity contribution in [2.24, 2.45) is 5.92 Å². The first kappa shape index (κ1) is 19.8. The lowest BCUT2D eigenvalue weighted by Crippen LogP contribution is -2.53. The maximum absolute atomic E-state index is 13.3. The monoisotopic (exact) mass is 417 g/mol. The van der Waals surface area contributed by atoms with Gasteiger partial charge in [-0.2, -0.15) is 0 Å². The average Bonchev–Trinajstić information content (AvgIpc) is 2.71. The standard InChI is InChI=1S/C23H25Cl2NO2/c1-15-12-21(17-4-2-5-19(25)13-17)22(16-7-9-18(24)10-8-16)26(23(15)27)20-6-3-11-28-14-20/h2,4-5,7-10,13,15,20-22H,3,6,11-12,14H2,1H3/t15?,20?,21?,22-/m1/s1. The molecule has 2 aromatic carbocycles. The number of carbonyl (C=O) groups is 1. The first-order valence-corrected chi connectivity index (χ1v) is 10.7. The number of benzene rings is 2. The van der Waals surface area contributed by atoms with E-state index >= 15 is 0 Å². The minimum atomic E-state index is -0.0499. The van der Waals surface area contributed by atoms with Crippen LogP contribution < -0.4 is 0 Å². The van der Waals surface area contributed by atoms with Crippen molar-refractivity contribution in [2.45, 2.75) is 44.2 Å². The Bertz CT molecular complexity index is 833. The fraction of sp³-hybridized carbons (Fsp3) is 0.435. The van der Waals surface area contributed by atoms with Crippen LogP contribution in [0.1, 0.15) is 49.3 Å². The zero-order valence-corrected chi connectivity index (χ0v) is 17.5. The number of halogens is 2. The van der Waals surface area contributed by atoms with Gasteiger partial charge in [-0.3, -0.25) is 4.79 Å². The summed E-state index contributed by atoms with van der Waals surface area (Å²) in [5, 5.41) is 1.43. The van der Waals surface area contributed by atoms with E-state index in [1.54, 1.807) is 0 Å². The van der Waals surface area contributed by atoms with E-state index in [-0.39, 0.29) is 29.8 Å². The molecule has 2 aliphatic rings. The third-order valence-corrected chi connectivity index (χ3v) is 6.47. The van der Waals surface area contributed by atoms with Crippen molar-refractivity contribution >= 4 is 29.1 Å². The van der Waals surface area contributed by atoms with Gasteiger partial charge in [0, 0.05) is 28.5 Å². The number of amides is 1. The Labute approximate surface area is 176 Å². The zero-order chi connectivity index (χ0) is 19.7. The molecule has 0 N–H and O–H groups in total. The molecule has 5 heteroatoms. The van der Waals surface area contributed by atoms with Crippen LogP contribution in [-0.2, 0) is 9.53 Å². The van der Waals surface area contributed by atoms with Gasteiger partial charge >= 0.3 is 0 Å². The predicted octanol–water partition coefficient (Wildman–Crippen LogP) is 5.87. The van der Waals surface area contributed by atoms with Crippen molar-refractivity contribution in [3.63, 3.8) is 0 Å². The average molecular weight is 418 g/mol.